The zero-order valence-electron chi connectivity index (χ0n) is 9.91. The topological polar surface area (TPSA) is 32.3 Å². The first-order valence-corrected chi connectivity index (χ1v) is 6.69. The van der Waals surface area contributed by atoms with Crippen LogP contribution >= 0.6 is 0 Å². The van der Waals surface area contributed by atoms with Gasteiger partial charge in [0.05, 0.1) is 6.10 Å². The molecule has 0 saturated heterocycles. The molecule has 2 fully saturated rings. The second-order valence-electron chi connectivity index (χ2n) is 5.53. The molecule has 0 aromatic carbocycles. The van der Waals surface area contributed by atoms with Crippen molar-refractivity contribution in [3.8, 4) is 0 Å². The number of aliphatic hydroxyl groups is 1. The molecular formula is C13H25NO. The van der Waals surface area contributed by atoms with Crippen LogP contribution in [0.4, 0.5) is 0 Å². The van der Waals surface area contributed by atoms with Crippen molar-refractivity contribution in [3.05, 3.63) is 0 Å². The van der Waals surface area contributed by atoms with Crippen molar-refractivity contribution in [2.45, 2.75) is 64.0 Å². The normalized spacial score (nSPS) is 42.0. The van der Waals surface area contributed by atoms with Gasteiger partial charge in [-0.2, -0.15) is 0 Å². The summed E-state index contributed by atoms with van der Waals surface area (Å²) in [7, 11) is 0. The summed E-state index contributed by atoms with van der Waals surface area (Å²) in [6, 6.07) is 0.714. The summed E-state index contributed by atoms with van der Waals surface area (Å²) < 4.78 is 0. The third kappa shape index (κ3) is 2.94. The molecule has 2 aliphatic rings. The highest BCUT2D eigenvalue weighted by atomic mass is 16.3. The molecule has 0 amide bonds. The summed E-state index contributed by atoms with van der Waals surface area (Å²) in [5.41, 5.74) is 0. The van der Waals surface area contributed by atoms with Gasteiger partial charge in [0.25, 0.3) is 0 Å². The van der Waals surface area contributed by atoms with E-state index in [0.717, 1.165) is 18.9 Å². The Morgan fingerprint density at radius 1 is 1.07 bits per heavy atom. The number of rotatable bonds is 3. The van der Waals surface area contributed by atoms with Crippen LogP contribution in [0.2, 0.25) is 0 Å². The molecule has 2 saturated carbocycles. The van der Waals surface area contributed by atoms with Gasteiger partial charge in [0.1, 0.15) is 0 Å². The summed E-state index contributed by atoms with van der Waals surface area (Å²) in [6.07, 6.45) is 8.93. The quantitative estimate of drug-likeness (QED) is 0.751. The van der Waals surface area contributed by atoms with Crippen LogP contribution in [0.5, 0.6) is 0 Å². The van der Waals surface area contributed by atoms with Crippen molar-refractivity contribution in [2.75, 3.05) is 6.54 Å². The monoisotopic (exact) mass is 211 g/mol. The fourth-order valence-electron chi connectivity index (χ4n) is 3.18. The molecular weight excluding hydrogens is 186 g/mol. The van der Waals surface area contributed by atoms with E-state index in [0.29, 0.717) is 12.0 Å². The summed E-state index contributed by atoms with van der Waals surface area (Å²) in [5, 5.41) is 13.4. The van der Waals surface area contributed by atoms with E-state index >= 15 is 0 Å². The molecule has 0 spiro atoms. The standard InChI is InChI=1S/C13H25NO/c1-10-5-2-3-7-12(10)14-9-11-6-4-8-13(11)15/h10-15H,2-9H2,1H3. The Balaban J connectivity index is 1.72. The molecule has 4 unspecified atom stereocenters. The van der Waals surface area contributed by atoms with Crippen LogP contribution < -0.4 is 5.32 Å². The molecule has 15 heavy (non-hydrogen) atoms. The Labute approximate surface area is 93.5 Å². The van der Waals surface area contributed by atoms with Gasteiger partial charge in [-0.3, -0.25) is 0 Å². The molecule has 2 heteroatoms. The first-order chi connectivity index (χ1) is 7.27. The highest BCUT2D eigenvalue weighted by Gasteiger charge is 2.27. The minimum atomic E-state index is -0.0311. The van der Waals surface area contributed by atoms with E-state index in [4.69, 9.17) is 0 Å². The van der Waals surface area contributed by atoms with Gasteiger partial charge in [0, 0.05) is 12.6 Å². The first-order valence-electron chi connectivity index (χ1n) is 6.69. The Hall–Kier alpha value is -0.0800. The molecule has 0 radical (unpaired) electrons. The Morgan fingerprint density at radius 3 is 2.53 bits per heavy atom. The van der Waals surface area contributed by atoms with Crippen molar-refractivity contribution in [1.29, 1.82) is 0 Å². The average molecular weight is 211 g/mol. The van der Waals surface area contributed by atoms with Gasteiger partial charge in [-0.25, -0.2) is 0 Å². The van der Waals surface area contributed by atoms with Crippen LogP contribution in [0.3, 0.4) is 0 Å². The van der Waals surface area contributed by atoms with Gasteiger partial charge >= 0.3 is 0 Å². The SMILES string of the molecule is CC1CCCCC1NCC1CCCC1O. The molecule has 2 N–H and O–H groups in total. The van der Waals surface area contributed by atoms with E-state index in [9.17, 15) is 5.11 Å². The number of nitrogens with one attached hydrogen (secondary N) is 1. The molecule has 2 rings (SSSR count). The number of aliphatic hydroxyl groups excluding tert-OH is 1. The Bertz CT molecular complexity index is 195. The maximum absolute atomic E-state index is 9.74. The summed E-state index contributed by atoms with van der Waals surface area (Å²) in [5.74, 6) is 1.36. The minimum absolute atomic E-state index is 0.0311. The van der Waals surface area contributed by atoms with Crippen LogP contribution in [0.15, 0.2) is 0 Å². The predicted octanol–water partition coefficient (Wildman–Crippen LogP) is 2.32. The molecule has 0 aromatic heterocycles. The highest BCUT2D eigenvalue weighted by molar-refractivity contribution is 4.83. The van der Waals surface area contributed by atoms with Gasteiger partial charge < -0.3 is 10.4 Å². The van der Waals surface area contributed by atoms with Crippen molar-refractivity contribution < 1.29 is 5.11 Å². The second kappa shape index (κ2) is 5.31. The second-order valence-corrected chi connectivity index (χ2v) is 5.53. The lowest BCUT2D eigenvalue weighted by atomic mass is 9.85. The zero-order valence-corrected chi connectivity index (χ0v) is 9.91. The number of hydrogen-bond donors (Lipinski definition) is 2. The van der Waals surface area contributed by atoms with Gasteiger partial charge in [0.15, 0.2) is 0 Å². The predicted molar refractivity (Wildman–Crippen MR) is 62.8 cm³/mol. The average Bonchev–Trinajstić information content (AvgIpc) is 2.63. The van der Waals surface area contributed by atoms with E-state index in [1.807, 2.05) is 0 Å². The summed E-state index contributed by atoms with van der Waals surface area (Å²) >= 11 is 0. The molecule has 0 heterocycles. The summed E-state index contributed by atoms with van der Waals surface area (Å²) in [6.45, 7) is 3.40. The van der Waals surface area contributed by atoms with E-state index in [1.54, 1.807) is 0 Å². The maximum atomic E-state index is 9.74. The van der Waals surface area contributed by atoms with E-state index in [1.165, 1.54) is 38.5 Å². The highest BCUT2D eigenvalue weighted by Crippen LogP contribution is 2.27. The Kier molecular flexibility index (Phi) is 4.04. The van der Waals surface area contributed by atoms with Crippen molar-refractivity contribution in [2.24, 2.45) is 11.8 Å². The minimum Gasteiger partial charge on any atom is -0.393 e. The fraction of sp³-hybridized carbons (Fsp3) is 1.00. The lowest BCUT2D eigenvalue weighted by molar-refractivity contribution is 0.126. The largest absolute Gasteiger partial charge is 0.393 e. The van der Waals surface area contributed by atoms with Crippen molar-refractivity contribution >= 4 is 0 Å². The van der Waals surface area contributed by atoms with Crippen LogP contribution in [0, 0.1) is 11.8 Å². The van der Waals surface area contributed by atoms with E-state index in [2.05, 4.69) is 12.2 Å². The van der Waals surface area contributed by atoms with Crippen LogP contribution in [0.25, 0.3) is 0 Å². The van der Waals surface area contributed by atoms with Crippen LogP contribution in [-0.4, -0.2) is 23.8 Å². The van der Waals surface area contributed by atoms with Crippen LogP contribution in [-0.2, 0) is 0 Å². The molecule has 0 aromatic rings. The van der Waals surface area contributed by atoms with Gasteiger partial charge in [-0.1, -0.05) is 26.2 Å². The van der Waals surface area contributed by atoms with Gasteiger partial charge in [-0.05, 0) is 37.5 Å². The third-order valence-corrected chi connectivity index (χ3v) is 4.37. The molecule has 0 bridgehead atoms. The van der Waals surface area contributed by atoms with Crippen LogP contribution in [0.1, 0.15) is 51.9 Å². The molecule has 0 aliphatic heterocycles. The maximum Gasteiger partial charge on any atom is 0.0580 e. The number of hydrogen-bond acceptors (Lipinski definition) is 2. The van der Waals surface area contributed by atoms with E-state index in [-0.39, 0.29) is 6.10 Å². The Morgan fingerprint density at radius 2 is 1.87 bits per heavy atom. The molecule has 2 aliphatic carbocycles. The third-order valence-electron chi connectivity index (χ3n) is 4.37. The molecule has 4 atom stereocenters. The lowest BCUT2D eigenvalue weighted by Gasteiger charge is -2.31. The molecule has 2 nitrogen and oxygen atoms in total. The fourth-order valence-corrected chi connectivity index (χ4v) is 3.18. The molecule has 88 valence electrons. The van der Waals surface area contributed by atoms with E-state index < -0.39 is 0 Å². The van der Waals surface area contributed by atoms with Gasteiger partial charge in [0.2, 0.25) is 0 Å². The van der Waals surface area contributed by atoms with Crippen molar-refractivity contribution in [1.82, 2.24) is 5.32 Å². The first kappa shape index (κ1) is 11.4. The van der Waals surface area contributed by atoms with Gasteiger partial charge in [-0.15, -0.1) is 0 Å². The summed E-state index contributed by atoms with van der Waals surface area (Å²) in [4.78, 5) is 0. The van der Waals surface area contributed by atoms with Crippen molar-refractivity contribution in [3.63, 3.8) is 0 Å². The zero-order chi connectivity index (χ0) is 10.7. The lowest BCUT2D eigenvalue weighted by Crippen LogP contribution is -2.41. The smallest absolute Gasteiger partial charge is 0.0580 e.